The highest BCUT2D eigenvalue weighted by molar-refractivity contribution is 5.82. The van der Waals surface area contributed by atoms with Crippen molar-refractivity contribution >= 4 is 5.91 Å². The third-order valence-corrected chi connectivity index (χ3v) is 2.64. The van der Waals surface area contributed by atoms with Gasteiger partial charge in [-0.2, -0.15) is 0 Å². The van der Waals surface area contributed by atoms with Crippen LogP contribution in [0.25, 0.3) is 0 Å². The molecule has 1 aliphatic heterocycles. The maximum atomic E-state index is 12.0. The molecule has 2 N–H and O–H groups in total. The maximum Gasteiger partial charge on any atom is 0.240 e. The summed E-state index contributed by atoms with van der Waals surface area (Å²) in [5.41, 5.74) is 0. The largest absolute Gasteiger partial charge is 0.395 e. The van der Waals surface area contributed by atoms with E-state index in [4.69, 9.17) is 5.11 Å². The maximum absolute atomic E-state index is 12.0. The second-order valence-corrected chi connectivity index (χ2v) is 3.80. The Bertz CT molecular complexity index is 213. The topological polar surface area (TPSA) is 52.6 Å². The van der Waals surface area contributed by atoms with E-state index < -0.39 is 0 Å². The van der Waals surface area contributed by atoms with Gasteiger partial charge >= 0.3 is 0 Å². The summed E-state index contributed by atoms with van der Waals surface area (Å²) in [7, 11) is 0. The van der Waals surface area contributed by atoms with Gasteiger partial charge in [-0.25, -0.2) is 0 Å². The highest BCUT2D eigenvalue weighted by Crippen LogP contribution is 2.09. The predicted molar refractivity (Wildman–Crippen MR) is 59.5 cm³/mol. The molecular formula is C11H20N2O2. The molecule has 1 heterocycles. The van der Waals surface area contributed by atoms with Crippen LogP contribution in [0.15, 0.2) is 12.7 Å². The van der Waals surface area contributed by atoms with Crippen LogP contribution in [0.1, 0.15) is 19.3 Å². The Morgan fingerprint density at radius 3 is 2.93 bits per heavy atom. The molecule has 4 nitrogen and oxygen atoms in total. The van der Waals surface area contributed by atoms with Crippen molar-refractivity contribution in [1.29, 1.82) is 0 Å². The first-order chi connectivity index (χ1) is 7.29. The van der Waals surface area contributed by atoms with Crippen molar-refractivity contribution in [3.63, 3.8) is 0 Å². The van der Waals surface area contributed by atoms with Crippen molar-refractivity contribution in [1.82, 2.24) is 10.2 Å². The van der Waals surface area contributed by atoms with E-state index in [-0.39, 0.29) is 18.6 Å². The van der Waals surface area contributed by atoms with Gasteiger partial charge in [-0.3, -0.25) is 4.79 Å². The molecule has 1 amide bonds. The second kappa shape index (κ2) is 6.58. The number of piperidine rings is 1. The van der Waals surface area contributed by atoms with Gasteiger partial charge < -0.3 is 15.3 Å². The molecule has 1 aliphatic rings. The fraction of sp³-hybridized carbons (Fsp3) is 0.727. The molecule has 0 aromatic rings. The average Bonchev–Trinajstić information content (AvgIpc) is 2.29. The highest BCUT2D eigenvalue weighted by Gasteiger charge is 2.24. The Morgan fingerprint density at radius 2 is 2.40 bits per heavy atom. The van der Waals surface area contributed by atoms with Crippen LogP contribution in [0.5, 0.6) is 0 Å². The van der Waals surface area contributed by atoms with Crippen molar-refractivity contribution in [3.05, 3.63) is 12.7 Å². The predicted octanol–water partition coefficient (Wildman–Crippen LogP) is 0.135. The van der Waals surface area contributed by atoms with E-state index in [9.17, 15) is 4.79 Å². The Morgan fingerprint density at radius 1 is 1.60 bits per heavy atom. The SMILES string of the molecule is C=CCN(CCO)C(=O)[C@@H]1CCCCN1. The Labute approximate surface area is 91.0 Å². The van der Waals surface area contributed by atoms with Gasteiger partial charge in [0.05, 0.1) is 12.6 Å². The summed E-state index contributed by atoms with van der Waals surface area (Å²) in [6.07, 6.45) is 4.84. The lowest BCUT2D eigenvalue weighted by Crippen LogP contribution is -2.49. The smallest absolute Gasteiger partial charge is 0.240 e. The van der Waals surface area contributed by atoms with Crippen LogP contribution < -0.4 is 5.32 Å². The lowest BCUT2D eigenvalue weighted by Gasteiger charge is -2.28. The molecule has 0 aliphatic carbocycles. The second-order valence-electron chi connectivity index (χ2n) is 3.80. The fourth-order valence-electron chi connectivity index (χ4n) is 1.85. The summed E-state index contributed by atoms with van der Waals surface area (Å²) < 4.78 is 0. The van der Waals surface area contributed by atoms with E-state index in [1.54, 1.807) is 11.0 Å². The van der Waals surface area contributed by atoms with Crippen LogP contribution in [-0.2, 0) is 4.79 Å². The molecule has 0 aromatic carbocycles. The molecule has 1 fully saturated rings. The minimum absolute atomic E-state index is 0.00625. The number of rotatable bonds is 5. The zero-order valence-corrected chi connectivity index (χ0v) is 9.11. The molecule has 1 rings (SSSR count). The minimum Gasteiger partial charge on any atom is -0.395 e. The monoisotopic (exact) mass is 212 g/mol. The number of aliphatic hydroxyl groups is 1. The number of aliphatic hydroxyl groups excluding tert-OH is 1. The summed E-state index contributed by atoms with van der Waals surface area (Å²) in [6, 6.07) is -0.0646. The fourth-order valence-corrected chi connectivity index (χ4v) is 1.85. The number of nitrogens with zero attached hydrogens (tertiary/aromatic N) is 1. The number of carbonyl (C=O) groups is 1. The quantitative estimate of drug-likeness (QED) is 0.637. The van der Waals surface area contributed by atoms with Crippen molar-refractivity contribution in [2.75, 3.05) is 26.2 Å². The first-order valence-electron chi connectivity index (χ1n) is 5.53. The number of nitrogens with one attached hydrogen (secondary N) is 1. The molecule has 0 saturated carbocycles. The van der Waals surface area contributed by atoms with E-state index in [0.29, 0.717) is 13.1 Å². The lowest BCUT2D eigenvalue weighted by molar-refractivity contribution is -0.134. The van der Waals surface area contributed by atoms with Gasteiger partial charge in [0.2, 0.25) is 5.91 Å². The summed E-state index contributed by atoms with van der Waals surface area (Å²) in [5.74, 6) is 0.0867. The highest BCUT2D eigenvalue weighted by atomic mass is 16.3. The van der Waals surface area contributed by atoms with E-state index >= 15 is 0 Å². The van der Waals surface area contributed by atoms with Gasteiger partial charge in [0.1, 0.15) is 0 Å². The van der Waals surface area contributed by atoms with Gasteiger partial charge in [0.15, 0.2) is 0 Å². The normalized spacial score (nSPS) is 21.0. The summed E-state index contributed by atoms with van der Waals surface area (Å²) in [5, 5.41) is 12.1. The van der Waals surface area contributed by atoms with Crippen LogP contribution in [0.4, 0.5) is 0 Å². The molecule has 0 bridgehead atoms. The van der Waals surface area contributed by atoms with Gasteiger partial charge in [-0.05, 0) is 19.4 Å². The zero-order chi connectivity index (χ0) is 11.1. The molecule has 86 valence electrons. The average molecular weight is 212 g/mol. The molecular weight excluding hydrogens is 192 g/mol. The molecule has 0 radical (unpaired) electrons. The van der Waals surface area contributed by atoms with Gasteiger partial charge in [0.25, 0.3) is 0 Å². The van der Waals surface area contributed by atoms with Crippen molar-refractivity contribution in [3.8, 4) is 0 Å². The first-order valence-corrected chi connectivity index (χ1v) is 5.53. The third-order valence-electron chi connectivity index (χ3n) is 2.64. The molecule has 1 saturated heterocycles. The van der Waals surface area contributed by atoms with Gasteiger partial charge in [0, 0.05) is 13.1 Å². The Balaban J connectivity index is 2.48. The molecule has 0 aromatic heterocycles. The van der Waals surface area contributed by atoms with Crippen LogP contribution in [0.2, 0.25) is 0 Å². The molecule has 1 atom stereocenters. The van der Waals surface area contributed by atoms with Crippen molar-refractivity contribution < 1.29 is 9.90 Å². The lowest BCUT2D eigenvalue weighted by atomic mass is 10.0. The van der Waals surface area contributed by atoms with E-state index in [0.717, 1.165) is 25.8 Å². The molecule has 15 heavy (non-hydrogen) atoms. The van der Waals surface area contributed by atoms with E-state index in [1.165, 1.54) is 0 Å². The van der Waals surface area contributed by atoms with Crippen LogP contribution in [0, 0.1) is 0 Å². The summed E-state index contributed by atoms with van der Waals surface area (Å²) in [4.78, 5) is 13.6. The molecule has 4 heteroatoms. The summed E-state index contributed by atoms with van der Waals surface area (Å²) >= 11 is 0. The zero-order valence-electron chi connectivity index (χ0n) is 9.11. The van der Waals surface area contributed by atoms with Gasteiger partial charge in [-0.1, -0.05) is 12.5 Å². The first kappa shape index (κ1) is 12.2. The number of hydrogen-bond donors (Lipinski definition) is 2. The minimum atomic E-state index is -0.0646. The Hall–Kier alpha value is -0.870. The number of amides is 1. The van der Waals surface area contributed by atoms with Crippen molar-refractivity contribution in [2.24, 2.45) is 0 Å². The number of carbonyl (C=O) groups excluding carboxylic acids is 1. The van der Waals surface area contributed by atoms with Crippen LogP contribution in [0.3, 0.4) is 0 Å². The standard InChI is InChI=1S/C11H20N2O2/c1-2-7-13(8-9-14)11(15)10-5-3-4-6-12-10/h2,10,12,14H,1,3-9H2/t10-/m0/s1. The third kappa shape index (κ3) is 3.64. The van der Waals surface area contributed by atoms with E-state index in [2.05, 4.69) is 11.9 Å². The summed E-state index contributed by atoms with van der Waals surface area (Å²) in [6.45, 7) is 5.44. The van der Waals surface area contributed by atoms with Crippen LogP contribution >= 0.6 is 0 Å². The van der Waals surface area contributed by atoms with E-state index in [1.807, 2.05) is 0 Å². The van der Waals surface area contributed by atoms with Crippen molar-refractivity contribution in [2.45, 2.75) is 25.3 Å². The Kier molecular flexibility index (Phi) is 5.36. The number of hydrogen-bond acceptors (Lipinski definition) is 3. The molecule has 0 unspecified atom stereocenters. The van der Waals surface area contributed by atoms with Crippen LogP contribution in [-0.4, -0.2) is 48.2 Å². The molecule has 0 spiro atoms. The van der Waals surface area contributed by atoms with Gasteiger partial charge in [-0.15, -0.1) is 6.58 Å².